The number of anilines is 3. The second kappa shape index (κ2) is 13.5. The van der Waals surface area contributed by atoms with Crippen LogP contribution in [0.4, 0.5) is 17.1 Å². The van der Waals surface area contributed by atoms with E-state index in [0.717, 1.165) is 6.67 Å². The van der Waals surface area contributed by atoms with E-state index in [0.29, 0.717) is 10.8 Å². The van der Waals surface area contributed by atoms with Crippen LogP contribution in [0.15, 0.2) is 127 Å². The van der Waals surface area contributed by atoms with E-state index >= 15 is 0 Å². The molecule has 2 bridgehead atoms. The van der Waals surface area contributed by atoms with Crippen molar-refractivity contribution >= 4 is 17.1 Å². The quantitative estimate of drug-likeness (QED) is 0.167. The van der Waals surface area contributed by atoms with Gasteiger partial charge in [0.15, 0.2) is 0 Å². The second-order valence-electron chi connectivity index (χ2n) is 20.0. The Morgan fingerprint density at radius 2 is 0.931 bits per heavy atom. The maximum atomic E-state index is 2.52. The number of fused-ring (bicyclic) bond motifs is 5. The van der Waals surface area contributed by atoms with Crippen molar-refractivity contribution in [1.82, 2.24) is 0 Å². The number of benzene rings is 6. The fourth-order valence-electron chi connectivity index (χ4n) is 11.7. The molecule has 3 saturated carbocycles. The predicted octanol–water partition coefficient (Wildman–Crippen LogP) is 14.7. The lowest BCUT2D eigenvalue weighted by molar-refractivity contribution is 0.102. The van der Waals surface area contributed by atoms with Gasteiger partial charge in [-0.15, -0.1) is 0 Å². The minimum atomic E-state index is 0.180. The van der Waals surface area contributed by atoms with Crippen LogP contribution in [0.1, 0.15) is 112 Å². The first-order valence-electron chi connectivity index (χ1n) is 22.0. The predicted molar refractivity (Wildman–Crippen MR) is 247 cm³/mol. The van der Waals surface area contributed by atoms with Gasteiger partial charge >= 0.3 is 0 Å². The van der Waals surface area contributed by atoms with Crippen LogP contribution in [0.25, 0.3) is 33.4 Å². The molecule has 11 rings (SSSR count). The van der Waals surface area contributed by atoms with Crippen molar-refractivity contribution in [2.24, 2.45) is 0 Å². The SMILES string of the molecule is Cc1cc(-c2ccc(-c3cccc(N4CN(C)c5cc6c(cc54)C(C)(C)CCC6(C)C)c3)c(C)c2)ccc1-c1ccc(C23CCC(c4ccccc4)(CC2)CC3)cc1. The largest absolute Gasteiger partial charge is 0.355 e. The zero-order valence-corrected chi connectivity index (χ0v) is 35.9. The summed E-state index contributed by atoms with van der Waals surface area (Å²) in [6.45, 7) is 15.1. The standard InChI is InChI=1S/C56H60N2/c1-38-32-41(18-22-47(38)40-16-20-45(21-17-40)56-29-26-55(27-30-56,28-31-56)44-13-9-8-10-14-44)42-19-23-48(39(2)33-42)43-12-11-15-46(34-43)58-37-57(7)51-35-49-50(36-52(51)58)54(5,6)25-24-53(49,3)4/h8-23,32-36H,24-31,37H2,1-7H3. The van der Waals surface area contributed by atoms with Gasteiger partial charge in [-0.2, -0.15) is 0 Å². The zero-order valence-electron chi connectivity index (χ0n) is 35.9. The van der Waals surface area contributed by atoms with E-state index in [-0.39, 0.29) is 10.8 Å². The Bertz CT molecular complexity index is 2510. The lowest BCUT2D eigenvalue weighted by Crippen LogP contribution is -2.46. The molecule has 0 unspecified atom stereocenters. The Morgan fingerprint density at radius 1 is 0.431 bits per heavy atom. The molecule has 0 spiro atoms. The van der Waals surface area contributed by atoms with Crippen molar-refractivity contribution < 1.29 is 0 Å². The Balaban J connectivity index is 0.870. The molecule has 58 heavy (non-hydrogen) atoms. The average Bonchev–Trinajstić information content (AvgIpc) is 3.58. The van der Waals surface area contributed by atoms with Crippen LogP contribution in [-0.4, -0.2) is 13.7 Å². The van der Waals surface area contributed by atoms with Gasteiger partial charge in [0, 0.05) is 12.7 Å². The van der Waals surface area contributed by atoms with Crippen LogP contribution >= 0.6 is 0 Å². The molecule has 2 heteroatoms. The summed E-state index contributed by atoms with van der Waals surface area (Å²) in [4.78, 5) is 4.93. The summed E-state index contributed by atoms with van der Waals surface area (Å²) >= 11 is 0. The van der Waals surface area contributed by atoms with Crippen molar-refractivity contribution in [3.05, 3.63) is 161 Å². The van der Waals surface area contributed by atoms with Gasteiger partial charge in [0.05, 0.1) is 18.0 Å². The van der Waals surface area contributed by atoms with Gasteiger partial charge in [-0.3, -0.25) is 0 Å². The molecule has 0 amide bonds. The number of aryl methyl sites for hydroxylation is 2. The van der Waals surface area contributed by atoms with E-state index < -0.39 is 0 Å². The first-order valence-corrected chi connectivity index (χ1v) is 22.0. The third-order valence-corrected chi connectivity index (χ3v) is 15.7. The highest BCUT2D eigenvalue weighted by molar-refractivity contribution is 5.86. The zero-order chi connectivity index (χ0) is 40.0. The Kier molecular flexibility index (Phi) is 8.65. The molecule has 1 aliphatic heterocycles. The van der Waals surface area contributed by atoms with Gasteiger partial charge in [0.2, 0.25) is 0 Å². The summed E-state index contributed by atoms with van der Waals surface area (Å²) in [5.74, 6) is 0. The molecule has 4 aliphatic carbocycles. The maximum Gasteiger partial charge on any atom is 0.0950 e. The summed E-state index contributed by atoms with van der Waals surface area (Å²) < 4.78 is 0. The monoisotopic (exact) mass is 760 g/mol. The minimum absolute atomic E-state index is 0.180. The van der Waals surface area contributed by atoms with Gasteiger partial charge in [-0.05, 0) is 178 Å². The number of hydrogen-bond acceptors (Lipinski definition) is 2. The molecule has 6 aromatic rings. The molecule has 0 radical (unpaired) electrons. The van der Waals surface area contributed by atoms with Crippen molar-refractivity contribution in [3.8, 4) is 33.4 Å². The van der Waals surface area contributed by atoms with Crippen molar-refractivity contribution in [2.75, 3.05) is 23.5 Å². The van der Waals surface area contributed by atoms with E-state index in [4.69, 9.17) is 0 Å². The van der Waals surface area contributed by atoms with E-state index in [1.807, 2.05) is 0 Å². The molecule has 2 nitrogen and oxygen atoms in total. The maximum absolute atomic E-state index is 2.52. The molecule has 0 atom stereocenters. The van der Waals surface area contributed by atoms with Gasteiger partial charge in [-0.1, -0.05) is 131 Å². The summed E-state index contributed by atoms with van der Waals surface area (Å²) in [6.07, 6.45) is 10.3. The van der Waals surface area contributed by atoms with Gasteiger partial charge in [0.25, 0.3) is 0 Å². The molecule has 5 aliphatic rings. The van der Waals surface area contributed by atoms with Crippen LogP contribution in [0.3, 0.4) is 0 Å². The third kappa shape index (κ3) is 6.04. The first kappa shape index (κ1) is 37.2. The van der Waals surface area contributed by atoms with Crippen LogP contribution in [0, 0.1) is 13.8 Å². The molecule has 1 heterocycles. The topological polar surface area (TPSA) is 6.48 Å². The fraction of sp³-hybridized carbons (Fsp3) is 0.357. The summed E-state index contributed by atoms with van der Waals surface area (Å²) in [6, 6.07) is 49.3. The highest BCUT2D eigenvalue weighted by Gasteiger charge is 2.50. The Hall–Kier alpha value is -5.08. The number of nitrogens with zero attached hydrogens (tertiary/aromatic N) is 2. The molecule has 3 fully saturated rings. The van der Waals surface area contributed by atoms with E-state index in [1.54, 1.807) is 11.1 Å². The number of rotatable bonds is 6. The normalized spacial score (nSPS) is 22.8. The molecule has 294 valence electrons. The smallest absolute Gasteiger partial charge is 0.0950 e. The molecular weight excluding hydrogens is 701 g/mol. The van der Waals surface area contributed by atoms with E-state index in [1.165, 1.54) is 124 Å². The minimum Gasteiger partial charge on any atom is -0.355 e. The van der Waals surface area contributed by atoms with Gasteiger partial charge in [0.1, 0.15) is 0 Å². The van der Waals surface area contributed by atoms with Crippen LogP contribution in [0.5, 0.6) is 0 Å². The third-order valence-electron chi connectivity index (χ3n) is 15.7. The highest BCUT2D eigenvalue weighted by Crippen LogP contribution is 2.59. The average molecular weight is 761 g/mol. The van der Waals surface area contributed by atoms with E-state index in [9.17, 15) is 0 Å². The second-order valence-corrected chi connectivity index (χ2v) is 20.0. The van der Waals surface area contributed by atoms with Crippen LogP contribution < -0.4 is 9.80 Å². The van der Waals surface area contributed by atoms with Crippen LogP contribution in [-0.2, 0) is 21.7 Å². The highest BCUT2D eigenvalue weighted by atomic mass is 15.4. The lowest BCUT2D eigenvalue weighted by atomic mass is 9.50. The van der Waals surface area contributed by atoms with Crippen molar-refractivity contribution in [2.45, 2.75) is 115 Å². The molecular formula is C56H60N2. The van der Waals surface area contributed by atoms with Crippen LogP contribution in [0.2, 0.25) is 0 Å². The van der Waals surface area contributed by atoms with Crippen molar-refractivity contribution in [1.29, 1.82) is 0 Å². The summed E-state index contributed by atoms with van der Waals surface area (Å²) in [5, 5.41) is 0. The molecule has 0 saturated heterocycles. The van der Waals surface area contributed by atoms with Gasteiger partial charge in [-0.25, -0.2) is 0 Å². The van der Waals surface area contributed by atoms with Gasteiger partial charge < -0.3 is 9.80 Å². The fourth-order valence-corrected chi connectivity index (χ4v) is 11.7. The molecule has 0 aromatic heterocycles. The van der Waals surface area contributed by atoms with E-state index in [2.05, 4.69) is 186 Å². The lowest BCUT2D eigenvalue weighted by Gasteiger charge is -2.54. The molecule has 0 N–H and O–H groups in total. The summed E-state index contributed by atoms with van der Waals surface area (Å²) in [5.41, 5.74) is 21.6. The summed E-state index contributed by atoms with van der Waals surface area (Å²) in [7, 11) is 2.24. The van der Waals surface area contributed by atoms with Crippen molar-refractivity contribution in [3.63, 3.8) is 0 Å². The number of hydrogen-bond donors (Lipinski definition) is 0. The Labute approximate surface area is 348 Å². The Morgan fingerprint density at radius 3 is 1.48 bits per heavy atom. The first-order chi connectivity index (χ1) is 27.8. The molecule has 6 aromatic carbocycles.